The fourth-order valence-corrected chi connectivity index (χ4v) is 4.71. The number of hydroxylamine groups is 2. The van der Waals surface area contributed by atoms with Crippen LogP contribution in [-0.2, 0) is 15.8 Å². The number of rotatable bonds is 7. The zero-order valence-electron chi connectivity index (χ0n) is 21.6. The average Bonchev–Trinajstić information content (AvgIpc) is 3.23. The molecule has 1 aromatic carbocycles. The van der Waals surface area contributed by atoms with E-state index in [9.17, 15) is 36.4 Å². The van der Waals surface area contributed by atoms with Crippen molar-refractivity contribution in [3.8, 4) is 23.1 Å². The van der Waals surface area contributed by atoms with Gasteiger partial charge in [-0.25, -0.2) is 9.78 Å². The summed E-state index contributed by atoms with van der Waals surface area (Å²) in [4.78, 5) is 26.3. The molecule has 0 radical (unpaired) electrons. The SMILES string of the molecule is CCN1CCC(CCOc2ccc(-c3cc4c(c(C#N)n3)N=C[N+]4(C)OC(=O)C(F)(F)F)cc2C(F)(F)F)CC1. The number of aliphatic imine (C=N–C) groups is 1. The lowest BCUT2D eigenvalue weighted by molar-refractivity contribution is -0.219. The number of fused-ring (bicyclic) bond motifs is 1. The van der Waals surface area contributed by atoms with Gasteiger partial charge in [-0.3, -0.25) is 4.84 Å². The van der Waals surface area contributed by atoms with Crippen LogP contribution in [0.1, 0.15) is 37.4 Å². The van der Waals surface area contributed by atoms with Crippen molar-refractivity contribution in [2.75, 3.05) is 33.3 Å². The van der Waals surface area contributed by atoms with Gasteiger partial charge in [-0.05, 0) is 63.0 Å². The highest BCUT2D eigenvalue weighted by atomic mass is 19.4. The standard InChI is InChI=1S/C26H26F6N5O3/c1-3-36-9-6-16(7-10-36)8-11-39-22-5-4-17(12-18(22)25(27,28)29)19-13-21-23(20(14-33)35-19)34-15-37(21,2)40-24(38)26(30,31)32/h4-5,12-13,15-16H,3,6-11H2,1-2H3/q+1. The van der Waals surface area contributed by atoms with Crippen molar-refractivity contribution in [3.63, 3.8) is 0 Å². The van der Waals surface area contributed by atoms with Crippen LogP contribution in [0.15, 0.2) is 29.3 Å². The minimum atomic E-state index is -5.31. The van der Waals surface area contributed by atoms with Crippen LogP contribution in [0.5, 0.6) is 5.75 Å². The number of alkyl halides is 6. The van der Waals surface area contributed by atoms with Gasteiger partial charge in [-0.1, -0.05) is 11.6 Å². The van der Waals surface area contributed by atoms with E-state index in [1.807, 2.05) is 0 Å². The summed E-state index contributed by atoms with van der Waals surface area (Å²) in [6.07, 6.45) is -6.73. The Morgan fingerprint density at radius 3 is 2.48 bits per heavy atom. The highest BCUT2D eigenvalue weighted by molar-refractivity contribution is 5.92. The van der Waals surface area contributed by atoms with Crippen LogP contribution in [-0.4, -0.2) is 61.7 Å². The van der Waals surface area contributed by atoms with E-state index < -0.39 is 28.5 Å². The Morgan fingerprint density at radius 1 is 1.18 bits per heavy atom. The normalized spacial score (nSPS) is 19.8. The number of aromatic nitrogens is 1. The summed E-state index contributed by atoms with van der Waals surface area (Å²) in [5.41, 5.74) is -2.01. The number of benzene rings is 1. The Bertz CT molecular complexity index is 1350. The van der Waals surface area contributed by atoms with E-state index in [2.05, 4.69) is 26.6 Å². The maximum atomic E-state index is 14.0. The number of halogens is 6. The van der Waals surface area contributed by atoms with Gasteiger partial charge < -0.3 is 9.64 Å². The van der Waals surface area contributed by atoms with Crippen LogP contribution < -0.4 is 9.38 Å². The van der Waals surface area contributed by atoms with Gasteiger partial charge in [0.1, 0.15) is 18.9 Å². The maximum absolute atomic E-state index is 14.0. The first-order valence-electron chi connectivity index (χ1n) is 12.5. The number of ether oxygens (including phenoxy) is 1. The van der Waals surface area contributed by atoms with Crippen LogP contribution in [0.2, 0.25) is 0 Å². The summed E-state index contributed by atoms with van der Waals surface area (Å²) in [6.45, 7) is 5.04. The number of nitrogens with zero attached hydrogens (tertiary/aromatic N) is 5. The number of nitriles is 1. The maximum Gasteiger partial charge on any atom is 0.497 e. The molecule has 1 atom stereocenters. The number of quaternary nitrogens is 1. The van der Waals surface area contributed by atoms with E-state index in [0.29, 0.717) is 12.3 Å². The lowest BCUT2D eigenvalue weighted by Crippen LogP contribution is -2.47. The number of pyridine rings is 1. The third kappa shape index (κ3) is 6.20. The molecular formula is C26H26F6N5O3+. The zero-order valence-corrected chi connectivity index (χ0v) is 21.6. The average molecular weight is 571 g/mol. The third-order valence-electron chi connectivity index (χ3n) is 6.99. The molecule has 0 amide bonds. The predicted octanol–water partition coefficient (Wildman–Crippen LogP) is 5.77. The van der Waals surface area contributed by atoms with Crippen molar-refractivity contribution in [1.82, 2.24) is 14.5 Å². The molecule has 1 aromatic heterocycles. The van der Waals surface area contributed by atoms with Gasteiger partial charge in [0.15, 0.2) is 11.4 Å². The summed E-state index contributed by atoms with van der Waals surface area (Å²) in [5, 5.41) is 9.53. The van der Waals surface area contributed by atoms with Crippen LogP contribution in [0.3, 0.4) is 0 Å². The Balaban J connectivity index is 1.60. The second kappa shape index (κ2) is 11.1. The first-order chi connectivity index (χ1) is 18.7. The van der Waals surface area contributed by atoms with Crippen molar-refractivity contribution in [1.29, 1.82) is 5.26 Å². The second-order valence-corrected chi connectivity index (χ2v) is 9.67. The van der Waals surface area contributed by atoms with Crippen LogP contribution in [0.25, 0.3) is 11.3 Å². The molecule has 14 heteroatoms. The van der Waals surface area contributed by atoms with Gasteiger partial charge >= 0.3 is 18.3 Å². The van der Waals surface area contributed by atoms with E-state index in [1.54, 1.807) is 6.07 Å². The van der Waals surface area contributed by atoms with E-state index in [4.69, 9.17) is 4.74 Å². The van der Waals surface area contributed by atoms with Gasteiger partial charge in [0, 0.05) is 11.6 Å². The molecule has 0 saturated carbocycles. The molecule has 1 fully saturated rings. The van der Waals surface area contributed by atoms with Gasteiger partial charge in [0.25, 0.3) is 0 Å². The minimum absolute atomic E-state index is 0.0773. The molecule has 40 heavy (non-hydrogen) atoms. The van der Waals surface area contributed by atoms with Gasteiger partial charge in [-0.15, -0.1) is 0 Å². The molecule has 3 heterocycles. The first kappa shape index (κ1) is 29.3. The lowest BCUT2D eigenvalue weighted by Gasteiger charge is -2.31. The highest BCUT2D eigenvalue weighted by Crippen LogP contribution is 2.44. The monoisotopic (exact) mass is 570 g/mol. The molecule has 2 aliphatic heterocycles. The number of likely N-dealkylation sites (tertiary alicyclic amines) is 1. The molecule has 4 rings (SSSR count). The van der Waals surface area contributed by atoms with Crippen molar-refractivity contribution in [2.24, 2.45) is 10.9 Å². The lowest BCUT2D eigenvalue weighted by atomic mass is 9.94. The number of hydrogen-bond donors (Lipinski definition) is 0. The largest absolute Gasteiger partial charge is 0.497 e. The van der Waals surface area contributed by atoms with E-state index >= 15 is 0 Å². The molecular weight excluding hydrogens is 544 g/mol. The molecule has 2 aliphatic rings. The molecule has 214 valence electrons. The van der Waals surface area contributed by atoms with Crippen molar-refractivity contribution < 1.29 is 40.7 Å². The number of carbonyl (C=O) groups excluding carboxylic acids is 1. The Kier molecular flexibility index (Phi) is 8.09. The van der Waals surface area contributed by atoms with Crippen LogP contribution in [0.4, 0.5) is 37.7 Å². The van der Waals surface area contributed by atoms with E-state index in [0.717, 1.165) is 64.1 Å². The number of hydrogen-bond acceptors (Lipinski definition) is 7. The fraction of sp³-hybridized carbons (Fsp3) is 0.462. The minimum Gasteiger partial charge on any atom is -0.493 e. The summed E-state index contributed by atoms with van der Waals surface area (Å²) in [6, 6.07) is 6.12. The van der Waals surface area contributed by atoms with E-state index in [1.165, 1.54) is 6.07 Å². The molecule has 8 nitrogen and oxygen atoms in total. The highest BCUT2D eigenvalue weighted by Gasteiger charge is 2.49. The summed E-state index contributed by atoms with van der Waals surface area (Å²) in [5.74, 6) is -2.52. The fourth-order valence-electron chi connectivity index (χ4n) is 4.71. The number of carbonyl (C=O) groups is 1. The van der Waals surface area contributed by atoms with Crippen molar-refractivity contribution >= 4 is 23.7 Å². The molecule has 0 bridgehead atoms. The third-order valence-corrected chi connectivity index (χ3v) is 6.99. The molecule has 0 N–H and O–H groups in total. The van der Waals surface area contributed by atoms with E-state index in [-0.39, 0.29) is 40.7 Å². The van der Waals surface area contributed by atoms with Gasteiger partial charge in [-0.2, -0.15) is 36.6 Å². The zero-order chi connectivity index (χ0) is 29.3. The van der Waals surface area contributed by atoms with Crippen molar-refractivity contribution in [3.05, 3.63) is 35.5 Å². The summed E-state index contributed by atoms with van der Waals surface area (Å²) in [7, 11) is 1.06. The molecule has 0 aliphatic carbocycles. The molecule has 0 spiro atoms. The van der Waals surface area contributed by atoms with Gasteiger partial charge in [0.2, 0.25) is 12.0 Å². The second-order valence-electron chi connectivity index (χ2n) is 9.67. The van der Waals surface area contributed by atoms with Crippen molar-refractivity contribution in [2.45, 2.75) is 38.5 Å². The first-order valence-corrected chi connectivity index (χ1v) is 12.5. The van der Waals surface area contributed by atoms with Gasteiger partial charge in [0.05, 0.1) is 17.9 Å². The summed E-state index contributed by atoms with van der Waals surface area (Å²) >= 11 is 0. The van der Waals surface area contributed by atoms with Crippen LogP contribution in [0, 0.1) is 17.2 Å². The smallest absolute Gasteiger partial charge is 0.493 e. The topological polar surface area (TPSA) is 87.8 Å². The Labute approximate surface area is 226 Å². The predicted molar refractivity (Wildman–Crippen MR) is 132 cm³/mol. The summed E-state index contributed by atoms with van der Waals surface area (Å²) < 4.78 is 84.9. The Morgan fingerprint density at radius 2 is 1.88 bits per heavy atom. The molecule has 2 aromatic rings. The quantitative estimate of drug-likeness (QED) is 0.310. The van der Waals surface area contributed by atoms with Crippen LogP contribution >= 0.6 is 0 Å². The Hall–Kier alpha value is -3.70. The molecule has 1 saturated heterocycles. The molecule has 1 unspecified atom stereocenters. The number of piperidine rings is 1.